The van der Waals surface area contributed by atoms with Crippen molar-refractivity contribution >= 4 is 11.1 Å². The third-order valence-corrected chi connectivity index (χ3v) is 4.82. The van der Waals surface area contributed by atoms with E-state index >= 15 is 0 Å². The molecule has 1 heteroatoms. The molecule has 136 valence electrons. The molecule has 0 bridgehead atoms. The summed E-state index contributed by atoms with van der Waals surface area (Å²) in [5, 5.41) is 0. The lowest BCUT2D eigenvalue weighted by atomic mass is 9.86. The Morgan fingerprint density at radius 2 is 0.750 bits per heavy atom. The second-order valence-corrected chi connectivity index (χ2v) is 6.58. The molecule has 0 aliphatic heterocycles. The quantitative estimate of drug-likeness (QED) is 0.359. The number of methoxy groups -OCH3 is 1. The zero-order chi connectivity index (χ0) is 19.2. The molecule has 0 aromatic heterocycles. The minimum absolute atomic E-state index is 0.858. The van der Waals surface area contributed by atoms with Crippen LogP contribution in [-0.4, -0.2) is 7.11 Å². The molecule has 0 N–H and O–H groups in total. The maximum absolute atomic E-state index is 5.37. The molecule has 0 fully saturated rings. The Labute approximate surface area is 166 Å². The van der Waals surface area contributed by atoms with Crippen LogP contribution in [0.1, 0.15) is 22.3 Å². The Kier molecular flexibility index (Phi) is 5.35. The number of hydrogen-bond acceptors (Lipinski definition) is 1. The van der Waals surface area contributed by atoms with Gasteiger partial charge in [-0.2, -0.15) is 0 Å². The first-order valence-electron chi connectivity index (χ1n) is 9.42. The van der Waals surface area contributed by atoms with Gasteiger partial charge in [0.1, 0.15) is 5.75 Å². The van der Waals surface area contributed by atoms with Gasteiger partial charge in [0.05, 0.1) is 7.11 Å². The van der Waals surface area contributed by atoms with Gasteiger partial charge in [0, 0.05) is 0 Å². The summed E-state index contributed by atoms with van der Waals surface area (Å²) in [6.07, 6.45) is 0. The lowest BCUT2D eigenvalue weighted by Gasteiger charge is -2.18. The predicted molar refractivity (Wildman–Crippen MR) is 117 cm³/mol. The van der Waals surface area contributed by atoms with Crippen molar-refractivity contribution in [1.82, 2.24) is 0 Å². The van der Waals surface area contributed by atoms with Crippen LogP contribution in [0.5, 0.6) is 5.75 Å². The Morgan fingerprint density at radius 1 is 0.429 bits per heavy atom. The van der Waals surface area contributed by atoms with E-state index in [1.165, 1.54) is 27.8 Å². The highest BCUT2D eigenvalue weighted by atomic mass is 16.5. The Bertz CT molecular complexity index is 1010. The summed E-state index contributed by atoms with van der Waals surface area (Å²) in [6.45, 7) is 0. The molecule has 0 spiro atoms. The molecule has 4 aromatic carbocycles. The van der Waals surface area contributed by atoms with Crippen molar-refractivity contribution in [3.05, 3.63) is 138 Å². The fourth-order valence-corrected chi connectivity index (χ4v) is 3.48. The molecular weight excluding hydrogens is 340 g/mol. The van der Waals surface area contributed by atoms with E-state index in [0.717, 1.165) is 11.3 Å². The van der Waals surface area contributed by atoms with Crippen molar-refractivity contribution in [3.8, 4) is 5.75 Å². The van der Waals surface area contributed by atoms with Gasteiger partial charge in [0.25, 0.3) is 0 Å². The smallest absolute Gasteiger partial charge is 0.118 e. The number of ether oxygens (including phenoxy) is 1. The molecule has 0 amide bonds. The first-order chi connectivity index (χ1) is 13.9. The normalized spacial score (nSPS) is 10.3. The fraction of sp³-hybridized carbons (Fsp3) is 0.0370. The molecule has 0 saturated heterocycles. The summed E-state index contributed by atoms with van der Waals surface area (Å²) < 4.78 is 5.37. The summed E-state index contributed by atoms with van der Waals surface area (Å²) >= 11 is 0. The van der Waals surface area contributed by atoms with Crippen molar-refractivity contribution < 1.29 is 4.74 Å². The number of rotatable bonds is 5. The van der Waals surface area contributed by atoms with Crippen molar-refractivity contribution in [2.24, 2.45) is 0 Å². The minimum atomic E-state index is 0.858. The third kappa shape index (κ3) is 3.74. The van der Waals surface area contributed by atoms with E-state index in [4.69, 9.17) is 4.74 Å². The van der Waals surface area contributed by atoms with E-state index in [1.54, 1.807) is 7.11 Å². The van der Waals surface area contributed by atoms with Crippen LogP contribution < -0.4 is 4.74 Å². The predicted octanol–water partition coefficient (Wildman–Crippen LogP) is 6.70. The van der Waals surface area contributed by atoms with Crippen LogP contribution >= 0.6 is 0 Å². The molecule has 0 heterocycles. The minimum Gasteiger partial charge on any atom is -0.497 e. The fourth-order valence-electron chi connectivity index (χ4n) is 3.48. The van der Waals surface area contributed by atoms with Gasteiger partial charge < -0.3 is 4.74 Å². The summed E-state index contributed by atoms with van der Waals surface area (Å²) in [4.78, 5) is 0. The van der Waals surface area contributed by atoms with Crippen molar-refractivity contribution in [1.29, 1.82) is 0 Å². The standard InChI is InChI=1S/C27H22O/c1-28-25-19-17-24(18-20-25)27(23-15-9-4-10-16-23)26(21-11-5-2-6-12-21)22-13-7-3-8-14-22/h2-20H,1H3. The van der Waals surface area contributed by atoms with Gasteiger partial charge in [-0.15, -0.1) is 0 Å². The first-order valence-corrected chi connectivity index (χ1v) is 9.42. The molecule has 4 aromatic rings. The monoisotopic (exact) mass is 362 g/mol. The zero-order valence-electron chi connectivity index (χ0n) is 15.9. The first kappa shape index (κ1) is 17.8. The number of hydrogen-bond donors (Lipinski definition) is 0. The van der Waals surface area contributed by atoms with E-state index in [1.807, 2.05) is 12.1 Å². The third-order valence-electron chi connectivity index (χ3n) is 4.82. The summed E-state index contributed by atoms with van der Waals surface area (Å²) in [5.41, 5.74) is 7.18. The van der Waals surface area contributed by atoms with Gasteiger partial charge in [0.15, 0.2) is 0 Å². The Morgan fingerprint density at radius 3 is 1.07 bits per heavy atom. The van der Waals surface area contributed by atoms with Gasteiger partial charge in [-0.3, -0.25) is 0 Å². The van der Waals surface area contributed by atoms with Crippen LogP contribution in [0.3, 0.4) is 0 Å². The Hall–Kier alpha value is -3.58. The van der Waals surface area contributed by atoms with Gasteiger partial charge >= 0.3 is 0 Å². The van der Waals surface area contributed by atoms with Gasteiger partial charge in [-0.1, -0.05) is 103 Å². The van der Waals surface area contributed by atoms with Crippen molar-refractivity contribution in [3.63, 3.8) is 0 Å². The molecule has 4 rings (SSSR count). The molecule has 0 aliphatic carbocycles. The van der Waals surface area contributed by atoms with E-state index in [9.17, 15) is 0 Å². The van der Waals surface area contributed by atoms with Crippen LogP contribution in [-0.2, 0) is 0 Å². The number of benzene rings is 4. The van der Waals surface area contributed by atoms with E-state index < -0.39 is 0 Å². The van der Waals surface area contributed by atoms with Crippen LogP contribution in [0.2, 0.25) is 0 Å². The second kappa shape index (κ2) is 8.41. The highest BCUT2D eigenvalue weighted by Gasteiger charge is 2.15. The lowest BCUT2D eigenvalue weighted by Crippen LogP contribution is -1.97. The topological polar surface area (TPSA) is 9.23 Å². The highest BCUT2D eigenvalue weighted by Crippen LogP contribution is 2.37. The average molecular weight is 362 g/mol. The average Bonchev–Trinajstić information content (AvgIpc) is 2.79. The van der Waals surface area contributed by atoms with E-state index in [2.05, 4.69) is 103 Å². The van der Waals surface area contributed by atoms with Crippen LogP contribution in [0, 0.1) is 0 Å². The molecule has 0 saturated carbocycles. The van der Waals surface area contributed by atoms with Gasteiger partial charge in [0.2, 0.25) is 0 Å². The van der Waals surface area contributed by atoms with Gasteiger partial charge in [-0.25, -0.2) is 0 Å². The molecule has 1 nitrogen and oxygen atoms in total. The highest BCUT2D eigenvalue weighted by molar-refractivity contribution is 6.04. The Balaban J connectivity index is 2.05. The largest absolute Gasteiger partial charge is 0.497 e. The molecule has 0 aliphatic rings. The van der Waals surface area contributed by atoms with E-state index in [-0.39, 0.29) is 0 Å². The SMILES string of the molecule is COc1ccc(C(=C(c2ccccc2)c2ccccc2)c2ccccc2)cc1. The molecule has 28 heavy (non-hydrogen) atoms. The zero-order valence-corrected chi connectivity index (χ0v) is 15.9. The van der Waals surface area contributed by atoms with Crippen LogP contribution in [0.15, 0.2) is 115 Å². The molecular formula is C27H22O. The molecule has 0 unspecified atom stereocenters. The lowest BCUT2D eigenvalue weighted by molar-refractivity contribution is 0.415. The molecule has 0 atom stereocenters. The van der Waals surface area contributed by atoms with E-state index in [0.29, 0.717) is 0 Å². The summed E-state index contributed by atoms with van der Waals surface area (Å²) in [7, 11) is 1.70. The second-order valence-electron chi connectivity index (χ2n) is 6.58. The van der Waals surface area contributed by atoms with Crippen molar-refractivity contribution in [2.45, 2.75) is 0 Å². The van der Waals surface area contributed by atoms with Crippen molar-refractivity contribution in [2.75, 3.05) is 7.11 Å². The van der Waals surface area contributed by atoms with Crippen LogP contribution in [0.4, 0.5) is 0 Å². The molecule has 0 radical (unpaired) electrons. The maximum Gasteiger partial charge on any atom is 0.118 e. The maximum atomic E-state index is 5.37. The van der Waals surface area contributed by atoms with Gasteiger partial charge in [-0.05, 0) is 45.5 Å². The van der Waals surface area contributed by atoms with Crippen LogP contribution in [0.25, 0.3) is 11.1 Å². The summed E-state index contributed by atoms with van der Waals surface area (Å²) in [5.74, 6) is 0.858. The summed E-state index contributed by atoms with van der Waals surface area (Å²) in [6, 6.07) is 40.1.